The van der Waals surface area contributed by atoms with E-state index in [0.29, 0.717) is 19.5 Å². The quantitative estimate of drug-likeness (QED) is 0.788. The van der Waals surface area contributed by atoms with Crippen LogP contribution in [0.2, 0.25) is 0 Å². The fraction of sp³-hybridized carbons (Fsp3) is 0.462. The first-order chi connectivity index (χ1) is 7.77. The molecule has 0 aromatic heterocycles. The Morgan fingerprint density at radius 2 is 2.12 bits per heavy atom. The highest BCUT2D eigenvalue weighted by atomic mass is 19.1. The predicted octanol–water partition coefficient (Wildman–Crippen LogP) is 2.25. The molecule has 1 unspecified atom stereocenters. The number of halogens is 1. The summed E-state index contributed by atoms with van der Waals surface area (Å²) in [4.78, 5) is 11.2. The lowest BCUT2D eigenvalue weighted by Crippen LogP contribution is -2.30. The van der Waals surface area contributed by atoms with Gasteiger partial charge in [0.25, 0.3) is 0 Å². The van der Waals surface area contributed by atoms with E-state index in [1.807, 2.05) is 12.1 Å². The van der Waals surface area contributed by atoms with Gasteiger partial charge in [-0.2, -0.15) is 0 Å². The molecule has 1 heterocycles. The molecule has 2 nitrogen and oxygen atoms in total. The van der Waals surface area contributed by atoms with E-state index in [9.17, 15) is 9.18 Å². The number of nitrogens with one attached hydrogen (secondary N) is 1. The molecule has 1 aromatic carbocycles. The maximum atomic E-state index is 13.6. The fourth-order valence-electron chi connectivity index (χ4n) is 2.19. The minimum atomic E-state index is -0.138. The van der Waals surface area contributed by atoms with Crippen LogP contribution in [0.3, 0.4) is 0 Å². The first-order valence-electron chi connectivity index (χ1n) is 5.74. The largest absolute Gasteiger partial charge is 0.309 e. The minimum Gasteiger partial charge on any atom is -0.309 e. The van der Waals surface area contributed by atoms with Crippen molar-refractivity contribution >= 4 is 5.78 Å². The molecule has 1 saturated heterocycles. The Balaban J connectivity index is 2.09. The van der Waals surface area contributed by atoms with Gasteiger partial charge >= 0.3 is 0 Å². The maximum absolute atomic E-state index is 13.6. The van der Waals surface area contributed by atoms with E-state index in [-0.39, 0.29) is 17.5 Å². The number of carbonyl (C=O) groups is 1. The van der Waals surface area contributed by atoms with Crippen LogP contribution in [0.15, 0.2) is 24.3 Å². The molecule has 3 heteroatoms. The second-order valence-corrected chi connectivity index (χ2v) is 4.28. The van der Waals surface area contributed by atoms with Gasteiger partial charge in [-0.05, 0) is 30.4 Å². The Kier molecular flexibility index (Phi) is 3.67. The Bertz CT molecular complexity index is 366. The van der Waals surface area contributed by atoms with Crippen molar-refractivity contribution in [3.8, 4) is 0 Å². The molecule has 0 saturated carbocycles. The first kappa shape index (κ1) is 11.3. The van der Waals surface area contributed by atoms with E-state index >= 15 is 0 Å². The van der Waals surface area contributed by atoms with Crippen molar-refractivity contribution in [3.63, 3.8) is 0 Å². The van der Waals surface area contributed by atoms with Crippen LogP contribution in [0.5, 0.6) is 0 Å². The molecule has 1 aliphatic heterocycles. The van der Waals surface area contributed by atoms with Crippen LogP contribution in [-0.4, -0.2) is 18.9 Å². The Morgan fingerprint density at radius 1 is 1.31 bits per heavy atom. The summed E-state index contributed by atoms with van der Waals surface area (Å²) in [5.41, 5.74) is 0.768. The molecule has 1 atom stereocenters. The van der Waals surface area contributed by atoms with Gasteiger partial charge in [0.2, 0.25) is 0 Å². The zero-order chi connectivity index (χ0) is 11.4. The van der Waals surface area contributed by atoms with Crippen LogP contribution < -0.4 is 5.32 Å². The highest BCUT2D eigenvalue weighted by Crippen LogP contribution is 2.24. The van der Waals surface area contributed by atoms with Gasteiger partial charge in [-0.3, -0.25) is 4.79 Å². The number of hydrogen-bond acceptors (Lipinski definition) is 2. The third-order valence-electron chi connectivity index (χ3n) is 3.07. The van der Waals surface area contributed by atoms with Crippen molar-refractivity contribution in [1.29, 1.82) is 0 Å². The number of ketones is 1. The summed E-state index contributed by atoms with van der Waals surface area (Å²) in [6.07, 6.45) is 2.34. The molecule has 0 radical (unpaired) electrons. The van der Waals surface area contributed by atoms with Crippen LogP contribution in [0.25, 0.3) is 0 Å². The second-order valence-electron chi connectivity index (χ2n) is 4.28. The van der Waals surface area contributed by atoms with Crippen molar-refractivity contribution in [3.05, 3.63) is 35.6 Å². The lowest BCUT2D eigenvalue weighted by molar-refractivity contribution is -0.118. The van der Waals surface area contributed by atoms with Crippen LogP contribution >= 0.6 is 0 Å². The summed E-state index contributed by atoms with van der Waals surface area (Å²) in [6.45, 7) is 1.11. The first-order valence-corrected chi connectivity index (χ1v) is 5.74. The summed E-state index contributed by atoms with van der Waals surface area (Å²) >= 11 is 0. The van der Waals surface area contributed by atoms with Crippen LogP contribution in [0.4, 0.5) is 4.39 Å². The maximum Gasteiger partial charge on any atom is 0.146 e. The van der Waals surface area contributed by atoms with Gasteiger partial charge in [-0.15, -0.1) is 0 Å². The Labute approximate surface area is 94.9 Å². The number of carbonyl (C=O) groups excluding carboxylic acids is 1. The number of rotatable bonds is 1. The van der Waals surface area contributed by atoms with E-state index in [1.165, 1.54) is 6.07 Å². The zero-order valence-corrected chi connectivity index (χ0v) is 9.21. The fourth-order valence-corrected chi connectivity index (χ4v) is 2.19. The van der Waals surface area contributed by atoms with Gasteiger partial charge in [0.05, 0.1) is 6.54 Å². The molecule has 16 heavy (non-hydrogen) atoms. The topological polar surface area (TPSA) is 29.1 Å². The summed E-state index contributed by atoms with van der Waals surface area (Å²) in [7, 11) is 0. The molecule has 0 aliphatic carbocycles. The summed E-state index contributed by atoms with van der Waals surface area (Å²) < 4.78 is 13.6. The number of Topliss-reactive ketones (excluding diaryl/α,β-unsaturated/α-hetero) is 1. The van der Waals surface area contributed by atoms with Gasteiger partial charge in [0, 0.05) is 13.0 Å². The van der Waals surface area contributed by atoms with Gasteiger partial charge in [0.15, 0.2) is 0 Å². The lowest BCUT2D eigenvalue weighted by atomic mass is 9.91. The number of hydrogen-bond donors (Lipinski definition) is 1. The molecule has 0 amide bonds. The van der Waals surface area contributed by atoms with E-state index in [2.05, 4.69) is 5.32 Å². The van der Waals surface area contributed by atoms with Crippen LogP contribution in [-0.2, 0) is 4.79 Å². The molecule has 0 spiro atoms. The van der Waals surface area contributed by atoms with E-state index in [1.54, 1.807) is 6.07 Å². The van der Waals surface area contributed by atoms with Crippen LogP contribution in [0.1, 0.15) is 30.7 Å². The molecule has 1 fully saturated rings. The summed E-state index contributed by atoms with van der Waals surface area (Å²) in [5.74, 6) is 0.308. The van der Waals surface area contributed by atoms with Gasteiger partial charge < -0.3 is 5.32 Å². The highest BCUT2D eigenvalue weighted by Gasteiger charge is 2.18. The van der Waals surface area contributed by atoms with E-state index < -0.39 is 0 Å². The predicted molar refractivity (Wildman–Crippen MR) is 60.9 cm³/mol. The molecule has 0 bridgehead atoms. The second kappa shape index (κ2) is 5.21. The smallest absolute Gasteiger partial charge is 0.146 e. The Morgan fingerprint density at radius 3 is 2.94 bits per heavy atom. The Hall–Kier alpha value is -1.22. The van der Waals surface area contributed by atoms with Gasteiger partial charge in [-0.1, -0.05) is 18.2 Å². The van der Waals surface area contributed by atoms with Crippen molar-refractivity contribution in [2.24, 2.45) is 0 Å². The average molecular weight is 221 g/mol. The lowest BCUT2D eigenvalue weighted by Gasteiger charge is -2.20. The summed E-state index contributed by atoms with van der Waals surface area (Å²) in [6, 6.07) is 6.91. The van der Waals surface area contributed by atoms with Gasteiger partial charge in [-0.25, -0.2) is 4.39 Å². The highest BCUT2D eigenvalue weighted by molar-refractivity contribution is 5.80. The molecule has 2 rings (SSSR count). The van der Waals surface area contributed by atoms with Crippen LogP contribution in [0, 0.1) is 5.82 Å². The molecule has 86 valence electrons. The standard InChI is InChI=1S/C13H16FNO/c14-13-7-2-1-6-12(13)10-4-3-5-11(16)9-15-8-10/h1-2,6-7,10,15H,3-5,8-9H2. The third kappa shape index (κ3) is 2.67. The van der Waals surface area contributed by atoms with E-state index in [4.69, 9.17) is 0 Å². The van der Waals surface area contributed by atoms with Crippen molar-refractivity contribution in [2.75, 3.05) is 13.1 Å². The molecular formula is C13H16FNO. The van der Waals surface area contributed by atoms with Crippen molar-refractivity contribution < 1.29 is 9.18 Å². The number of benzene rings is 1. The van der Waals surface area contributed by atoms with Crippen molar-refractivity contribution in [2.45, 2.75) is 25.2 Å². The minimum absolute atomic E-state index is 0.138. The SMILES string of the molecule is O=C1CCCC(c2ccccc2F)CNC1. The third-order valence-corrected chi connectivity index (χ3v) is 3.07. The van der Waals surface area contributed by atoms with E-state index in [0.717, 1.165) is 18.4 Å². The average Bonchev–Trinajstić information content (AvgIpc) is 2.24. The molecule has 1 N–H and O–H groups in total. The monoisotopic (exact) mass is 221 g/mol. The zero-order valence-electron chi connectivity index (χ0n) is 9.21. The van der Waals surface area contributed by atoms with Gasteiger partial charge in [0.1, 0.15) is 11.6 Å². The molecule has 1 aromatic rings. The molecule has 1 aliphatic rings. The van der Waals surface area contributed by atoms with Crippen molar-refractivity contribution in [1.82, 2.24) is 5.32 Å². The normalized spacial score (nSPS) is 22.6. The molecular weight excluding hydrogens is 205 g/mol. The summed E-state index contributed by atoms with van der Waals surface area (Å²) in [5, 5.41) is 3.10.